The number of hydrogen-bond acceptors (Lipinski definition) is 5. The number of fused-ring (bicyclic) bond motifs is 1. The maximum Gasteiger partial charge on any atom is 0.254 e. The largest absolute Gasteiger partial charge is 0.493 e. The van der Waals surface area contributed by atoms with Crippen molar-refractivity contribution in [1.29, 1.82) is 0 Å². The Bertz CT molecular complexity index is 989. The number of methoxy groups -OCH3 is 3. The van der Waals surface area contributed by atoms with E-state index in [1.54, 1.807) is 33.5 Å². The molecule has 0 unspecified atom stereocenters. The zero-order chi connectivity index (χ0) is 19.7. The standard InChI is InChI=1S/C21H23N3O4/c1-26-18-10-15(11-19(27-2)20(18)28-3)21(25)23-9-8-16(13-23)24-17-7-5-4-6-14(17)12-22-24/h4-7,10-12,16H,8-9,13H2,1-3H3/t16-/m1/s1. The second-order valence-corrected chi connectivity index (χ2v) is 6.76. The number of carbonyl (C=O) groups excluding carboxylic acids is 1. The molecule has 146 valence electrons. The SMILES string of the molecule is COc1cc(C(=O)N2CC[C@@H](n3ncc4ccccc43)C2)cc(OC)c1OC. The van der Waals surface area contributed by atoms with Crippen LogP contribution in [-0.2, 0) is 0 Å². The lowest BCUT2D eigenvalue weighted by Gasteiger charge is -2.19. The highest BCUT2D eigenvalue weighted by atomic mass is 16.5. The van der Waals surface area contributed by atoms with E-state index in [0.717, 1.165) is 17.3 Å². The van der Waals surface area contributed by atoms with Gasteiger partial charge in [0.25, 0.3) is 5.91 Å². The van der Waals surface area contributed by atoms with E-state index in [1.165, 1.54) is 0 Å². The van der Waals surface area contributed by atoms with Crippen LogP contribution >= 0.6 is 0 Å². The summed E-state index contributed by atoms with van der Waals surface area (Å²) in [4.78, 5) is 15.0. The Labute approximate surface area is 163 Å². The number of benzene rings is 2. The third-order valence-corrected chi connectivity index (χ3v) is 5.21. The molecule has 2 heterocycles. The molecule has 0 spiro atoms. The summed E-state index contributed by atoms with van der Waals surface area (Å²) in [6.07, 6.45) is 2.74. The first-order valence-corrected chi connectivity index (χ1v) is 9.17. The molecule has 4 rings (SSSR count). The summed E-state index contributed by atoms with van der Waals surface area (Å²) in [7, 11) is 4.63. The van der Waals surface area contributed by atoms with E-state index in [9.17, 15) is 4.79 Å². The van der Waals surface area contributed by atoms with Crippen molar-refractivity contribution in [1.82, 2.24) is 14.7 Å². The van der Waals surface area contributed by atoms with Crippen molar-refractivity contribution in [3.05, 3.63) is 48.2 Å². The van der Waals surface area contributed by atoms with Crippen LogP contribution in [0.2, 0.25) is 0 Å². The van der Waals surface area contributed by atoms with Gasteiger partial charge in [0.15, 0.2) is 11.5 Å². The van der Waals surface area contributed by atoms with Crippen LogP contribution in [0, 0.1) is 0 Å². The molecular weight excluding hydrogens is 358 g/mol. The van der Waals surface area contributed by atoms with Crippen LogP contribution in [-0.4, -0.2) is 55.0 Å². The predicted molar refractivity (Wildman–Crippen MR) is 105 cm³/mol. The fraction of sp³-hybridized carbons (Fsp3) is 0.333. The second-order valence-electron chi connectivity index (χ2n) is 6.76. The van der Waals surface area contributed by atoms with Gasteiger partial charge in [-0.2, -0.15) is 5.10 Å². The highest BCUT2D eigenvalue weighted by Crippen LogP contribution is 2.39. The Morgan fingerprint density at radius 1 is 1.07 bits per heavy atom. The molecule has 0 N–H and O–H groups in total. The molecular formula is C21H23N3O4. The Hall–Kier alpha value is -3.22. The van der Waals surface area contributed by atoms with Crippen LogP contribution in [0.4, 0.5) is 0 Å². The molecule has 1 atom stereocenters. The van der Waals surface area contributed by atoms with Gasteiger partial charge in [0.1, 0.15) is 0 Å². The van der Waals surface area contributed by atoms with Crippen LogP contribution in [0.1, 0.15) is 22.8 Å². The summed E-state index contributed by atoms with van der Waals surface area (Å²) >= 11 is 0. The zero-order valence-corrected chi connectivity index (χ0v) is 16.2. The number of rotatable bonds is 5. The van der Waals surface area contributed by atoms with E-state index < -0.39 is 0 Å². The number of para-hydroxylation sites is 1. The van der Waals surface area contributed by atoms with Crippen molar-refractivity contribution >= 4 is 16.8 Å². The maximum absolute atomic E-state index is 13.1. The molecule has 28 heavy (non-hydrogen) atoms. The third-order valence-electron chi connectivity index (χ3n) is 5.21. The average molecular weight is 381 g/mol. The van der Waals surface area contributed by atoms with Gasteiger partial charge in [-0.3, -0.25) is 9.48 Å². The van der Waals surface area contributed by atoms with Gasteiger partial charge >= 0.3 is 0 Å². The molecule has 1 saturated heterocycles. The number of nitrogens with zero attached hydrogens (tertiary/aromatic N) is 3. The minimum atomic E-state index is -0.0572. The summed E-state index contributed by atoms with van der Waals surface area (Å²) < 4.78 is 18.1. The van der Waals surface area contributed by atoms with Crippen LogP contribution in [0.15, 0.2) is 42.6 Å². The van der Waals surface area contributed by atoms with Crippen LogP contribution < -0.4 is 14.2 Å². The first kappa shape index (κ1) is 18.2. The predicted octanol–water partition coefficient (Wildman–Crippen LogP) is 3.15. The van der Waals surface area contributed by atoms with Crippen LogP contribution in [0.25, 0.3) is 10.9 Å². The fourth-order valence-electron chi connectivity index (χ4n) is 3.80. The quantitative estimate of drug-likeness (QED) is 0.679. The third kappa shape index (κ3) is 3.02. The first-order chi connectivity index (χ1) is 13.7. The van der Waals surface area contributed by atoms with E-state index in [2.05, 4.69) is 11.2 Å². The number of aromatic nitrogens is 2. The van der Waals surface area contributed by atoms with Gasteiger partial charge in [0, 0.05) is 24.0 Å². The van der Waals surface area contributed by atoms with E-state index in [4.69, 9.17) is 14.2 Å². The molecule has 7 heteroatoms. The maximum atomic E-state index is 13.1. The number of hydrogen-bond donors (Lipinski definition) is 0. The van der Waals surface area contributed by atoms with E-state index in [1.807, 2.05) is 34.0 Å². The van der Waals surface area contributed by atoms with Crippen molar-refractivity contribution in [2.24, 2.45) is 0 Å². The second kappa shape index (κ2) is 7.42. The Balaban J connectivity index is 1.58. The molecule has 7 nitrogen and oxygen atoms in total. The molecule has 0 saturated carbocycles. The Kier molecular flexibility index (Phi) is 4.81. The highest BCUT2D eigenvalue weighted by Gasteiger charge is 2.30. The molecule has 1 aliphatic rings. The van der Waals surface area contributed by atoms with E-state index >= 15 is 0 Å². The van der Waals surface area contributed by atoms with Crippen LogP contribution in [0.5, 0.6) is 17.2 Å². The van der Waals surface area contributed by atoms with Gasteiger partial charge in [0.2, 0.25) is 5.75 Å². The number of carbonyl (C=O) groups is 1. The Morgan fingerprint density at radius 2 is 1.79 bits per heavy atom. The van der Waals surface area contributed by atoms with Crippen LogP contribution in [0.3, 0.4) is 0 Å². The first-order valence-electron chi connectivity index (χ1n) is 9.17. The minimum Gasteiger partial charge on any atom is -0.493 e. The molecule has 2 aromatic carbocycles. The monoisotopic (exact) mass is 381 g/mol. The molecule has 1 fully saturated rings. The smallest absolute Gasteiger partial charge is 0.254 e. The Morgan fingerprint density at radius 3 is 2.46 bits per heavy atom. The van der Waals surface area contributed by atoms with E-state index in [-0.39, 0.29) is 11.9 Å². The van der Waals surface area contributed by atoms with Crippen molar-refractivity contribution < 1.29 is 19.0 Å². The van der Waals surface area contributed by atoms with E-state index in [0.29, 0.717) is 35.9 Å². The van der Waals surface area contributed by atoms with Crippen molar-refractivity contribution in [2.45, 2.75) is 12.5 Å². The number of ether oxygens (including phenoxy) is 3. The number of likely N-dealkylation sites (tertiary alicyclic amines) is 1. The molecule has 1 amide bonds. The zero-order valence-electron chi connectivity index (χ0n) is 16.2. The van der Waals surface area contributed by atoms with Gasteiger partial charge < -0.3 is 19.1 Å². The van der Waals surface area contributed by atoms with Gasteiger partial charge in [-0.15, -0.1) is 0 Å². The summed E-state index contributed by atoms with van der Waals surface area (Å²) in [5.74, 6) is 1.36. The summed E-state index contributed by atoms with van der Waals surface area (Å²) in [5, 5.41) is 5.65. The van der Waals surface area contributed by atoms with Crippen molar-refractivity contribution in [3.63, 3.8) is 0 Å². The van der Waals surface area contributed by atoms with Crippen molar-refractivity contribution in [3.8, 4) is 17.2 Å². The molecule has 0 bridgehead atoms. The summed E-state index contributed by atoms with van der Waals surface area (Å²) in [5.41, 5.74) is 1.61. The summed E-state index contributed by atoms with van der Waals surface area (Å²) in [6, 6.07) is 11.7. The summed E-state index contributed by atoms with van der Waals surface area (Å²) in [6.45, 7) is 1.29. The number of amides is 1. The molecule has 1 aliphatic heterocycles. The average Bonchev–Trinajstić information content (AvgIpc) is 3.38. The molecule has 0 aliphatic carbocycles. The molecule has 1 aromatic heterocycles. The van der Waals surface area contributed by atoms with Gasteiger partial charge in [-0.05, 0) is 24.6 Å². The lowest BCUT2D eigenvalue weighted by molar-refractivity contribution is 0.0786. The molecule has 0 radical (unpaired) electrons. The van der Waals surface area contributed by atoms with Crippen molar-refractivity contribution in [2.75, 3.05) is 34.4 Å². The normalized spacial score (nSPS) is 16.4. The lowest BCUT2D eigenvalue weighted by Crippen LogP contribution is -2.29. The lowest BCUT2D eigenvalue weighted by atomic mass is 10.1. The van der Waals surface area contributed by atoms with Gasteiger partial charge in [-0.1, -0.05) is 18.2 Å². The molecule has 3 aromatic rings. The van der Waals surface area contributed by atoms with Gasteiger partial charge in [0.05, 0.1) is 39.1 Å². The van der Waals surface area contributed by atoms with Gasteiger partial charge in [-0.25, -0.2) is 0 Å². The topological polar surface area (TPSA) is 65.8 Å². The highest BCUT2D eigenvalue weighted by molar-refractivity contribution is 5.96. The fourth-order valence-corrected chi connectivity index (χ4v) is 3.80. The minimum absolute atomic E-state index is 0.0572.